The molecule has 0 spiro atoms. The van der Waals surface area contributed by atoms with Crippen molar-refractivity contribution < 1.29 is 53.8 Å². The van der Waals surface area contributed by atoms with Crippen LogP contribution < -0.4 is 34.3 Å². The van der Waals surface area contributed by atoms with Crippen molar-refractivity contribution in [3.05, 3.63) is 29.8 Å². The molecule has 16 heavy (non-hydrogen) atoms. The molecule has 1 unspecified atom stereocenters. The molecule has 1 aromatic rings. The summed E-state index contributed by atoms with van der Waals surface area (Å²) in [6.07, 6.45) is -0.150. The van der Waals surface area contributed by atoms with Gasteiger partial charge in [0.25, 0.3) is 10.1 Å². The van der Waals surface area contributed by atoms with Crippen LogP contribution in [-0.4, -0.2) is 30.6 Å². The standard InChI is InChI=1S/C9H12O5S.Na.H/c1-14-8-4-2-7(3-5-8)6-9(10)15(11,12)13;;/h2-5,9-10H,6H2,1H3,(H,11,12,13);;/q;+1;-1. The van der Waals surface area contributed by atoms with Gasteiger partial charge >= 0.3 is 29.6 Å². The van der Waals surface area contributed by atoms with Gasteiger partial charge in [0.05, 0.1) is 7.11 Å². The molecule has 0 fully saturated rings. The molecule has 1 rings (SSSR count). The largest absolute Gasteiger partial charge is 1.00 e. The van der Waals surface area contributed by atoms with E-state index in [4.69, 9.17) is 14.4 Å². The fourth-order valence-corrected chi connectivity index (χ4v) is 1.47. The number of aliphatic hydroxyl groups excluding tert-OH is 1. The molecular weight excluding hydrogens is 243 g/mol. The van der Waals surface area contributed by atoms with Crippen LogP contribution in [0.25, 0.3) is 0 Å². The molecule has 0 aliphatic heterocycles. The molecule has 0 aromatic heterocycles. The zero-order valence-corrected chi connectivity index (χ0v) is 11.9. The maximum absolute atomic E-state index is 10.5. The molecule has 1 aromatic carbocycles. The molecule has 0 heterocycles. The first-order chi connectivity index (χ1) is 6.93. The van der Waals surface area contributed by atoms with Gasteiger partial charge in [-0.1, -0.05) is 12.1 Å². The van der Waals surface area contributed by atoms with Crippen LogP contribution in [0.3, 0.4) is 0 Å². The molecule has 7 heteroatoms. The molecule has 86 valence electrons. The van der Waals surface area contributed by atoms with Crippen LogP contribution in [0.2, 0.25) is 0 Å². The maximum atomic E-state index is 10.5. The molecule has 0 radical (unpaired) electrons. The Labute approximate surface area is 118 Å². The SMILES string of the molecule is COc1ccc(CC(O)S(=O)(=O)O)cc1.[H-].[Na+]. The second-order valence-corrected chi connectivity index (χ2v) is 4.60. The van der Waals surface area contributed by atoms with Crippen LogP contribution in [0.4, 0.5) is 0 Å². The summed E-state index contributed by atoms with van der Waals surface area (Å²) in [5.74, 6) is 0.639. The average Bonchev–Trinajstić information content (AvgIpc) is 2.17. The van der Waals surface area contributed by atoms with Crippen molar-refractivity contribution in [1.29, 1.82) is 0 Å². The third kappa shape index (κ3) is 4.82. The molecule has 0 saturated heterocycles. The molecule has 0 aliphatic rings. The van der Waals surface area contributed by atoms with Gasteiger partial charge in [-0.3, -0.25) is 4.55 Å². The minimum Gasteiger partial charge on any atom is -1.00 e. The van der Waals surface area contributed by atoms with Crippen molar-refractivity contribution in [2.45, 2.75) is 11.9 Å². The quantitative estimate of drug-likeness (QED) is 0.462. The van der Waals surface area contributed by atoms with Crippen LogP contribution in [0.5, 0.6) is 5.75 Å². The smallest absolute Gasteiger partial charge is 1.00 e. The predicted molar refractivity (Wildman–Crippen MR) is 55.4 cm³/mol. The van der Waals surface area contributed by atoms with Gasteiger partial charge in [-0.25, -0.2) is 0 Å². The van der Waals surface area contributed by atoms with Gasteiger partial charge in [0.15, 0.2) is 5.44 Å². The zero-order valence-electron chi connectivity index (χ0n) is 10.1. The van der Waals surface area contributed by atoms with Gasteiger partial charge in [0.1, 0.15) is 5.75 Å². The maximum Gasteiger partial charge on any atom is 1.00 e. The number of rotatable bonds is 4. The topological polar surface area (TPSA) is 83.8 Å². The molecule has 0 bridgehead atoms. The average molecular weight is 256 g/mol. The minimum atomic E-state index is -4.39. The normalized spacial score (nSPS) is 12.7. The Morgan fingerprint density at radius 3 is 2.25 bits per heavy atom. The number of methoxy groups -OCH3 is 1. The van der Waals surface area contributed by atoms with Crippen LogP contribution in [-0.2, 0) is 16.5 Å². The number of aliphatic hydroxyl groups is 1. The van der Waals surface area contributed by atoms with Crippen LogP contribution >= 0.6 is 0 Å². The van der Waals surface area contributed by atoms with E-state index >= 15 is 0 Å². The summed E-state index contributed by atoms with van der Waals surface area (Å²) in [5, 5.41) is 9.10. The fraction of sp³-hybridized carbons (Fsp3) is 0.333. The van der Waals surface area contributed by atoms with E-state index in [9.17, 15) is 8.42 Å². The molecule has 5 nitrogen and oxygen atoms in total. The monoisotopic (exact) mass is 256 g/mol. The van der Waals surface area contributed by atoms with Crippen molar-refractivity contribution >= 4 is 10.1 Å². The summed E-state index contributed by atoms with van der Waals surface area (Å²) in [5.41, 5.74) is -1.19. The van der Waals surface area contributed by atoms with Gasteiger partial charge in [-0.2, -0.15) is 8.42 Å². The van der Waals surface area contributed by atoms with Gasteiger partial charge < -0.3 is 11.3 Å². The Morgan fingerprint density at radius 2 is 1.88 bits per heavy atom. The Bertz CT molecular complexity index is 420. The van der Waals surface area contributed by atoms with E-state index in [1.165, 1.54) is 7.11 Å². The second-order valence-electron chi connectivity index (χ2n) is 3.02. The van der Waals surface area contributed by atoms with E-state index in [-0.39, 0.29) is 37.4 Å². The first-order valence-electron chi connectivity index (χ1n) is 4.21. The van der Waals surface area contributed by atoms with E-state index in [2.05, 4.69) is 0 Å². The summed E-state index contributed by atoms with van der Waals surface area (Å²) in [4.78, 5) is 0. The Hall–Kier alpha value is -0.110. The summed E-state index contributed by atoms with van der Waals surface area (Å²) < 4.78 is 34.5. The van der Waals surface area contributed by atoms with E-state index in [1.54, 1.807) is 24.3 Å². The number of hydrogen-bond donors (Lipinski definition) is 2. The molecule has 0 amide bonds. The number of hydrogen-bond acceptors (Lipinski definition) is 4. The third-order valence-corrected chi connectivity index (χ3v) is 2.77. The van der Waals surface area contributed by atoms with E-state index < -0.39 is 15.6 Å². The number of ether oxygens (including phenoxy) is 1. The van der Waals surface area contributed by atoms with Crippen molar-refractivity contribution in [1.82, 2.24) is 0 Å². The van der Waals surface area contributed by atoms with Crippen molar-refractivity contribution in [2.24, 2.45) is 0 Å². The Balaban J connectivity index is 0. The van der Waals surface area contributed by atoms with Crippen LogP contribution in [0, 0.1) is 0 Å². The molecule has 0 saturated carbocycles. The third-order valence-electron chi connectivity index (χ3n) is 1.91. The Kier molecular flexibility index (Phi) is 6.54. The summed E-state index contributed by atoms with van der Waals surface area (Å²) in [6, 6.07) is 6.53. The first kappa shape index (κ1) is 15.9. The van der Waals surface area contributed by atoms with E-state index in [1.807, 2.05) is 0 Å². The molecule has 2 N–H and O–H groups in total. The predicted octanol–water partition coefficient (Wildman–Crippen LogP) is -2.44. The van der Waals surface area contributed by atoms with Crippen molar-refractivity contribution in [3.63, 3.8) is 0 Å². The van der Waals surface area contributed by atoms with Crippen molar-refractivity contribution in [2.75, 3.05) is 7.11 Å². The first-order valence-corrected chi connectivity index (χ1v) is 5.71. The fourth-order valence-electron chi connectivity index (χ4n) is 1.07. The van der Waals surface area contributed by atoms with Gasteiger partial charge in [-0.05, 0) is 17.7 Å². The molecule has 1 atom stereocenters. The molecular formula is C9H13NaO5S. The number of benzene rings is 1. The second kappa shape index (κ2) is 6.58. The Morgan fingerprint density at radius 1 is 1.38 bits per heavy atom. The van der Waals surface area contributed by atoms with Gasteiger partial charge in [-0.15, -0.1) is 0 Å². The van der Waals surface area contributed by atoms with Crippen LogP contribution in [0.1, 0.15) is 6.99 Å². The van der Waals surface area contributed by atoms with E-state index in [0.717, 1.165) is 0 Å². The summed E-state index contributed by atoms with van der Waals surface area (Å²) in [7, 11) is -2.88. The van der Waals surface area contributed by atoms with E-state index in [0.29, 0.717) is 11.3 Å². The minimum absolute atomic E-state index is 0. The van der Waals surface area contributed by atoms with Gasteiger partial charge in [0.2, 0.25) is 0 Å². The van der Waals surface area contributed by atoms with Crippen molar-refractivity contribution in [3.8, 4) is 5.75 Å². The molecule has 0 aliphatic carbocycles. The summed E-state index contributed by atoms with van der Waals surface area (Å²) in [6.45, 7) is 0. The van der Waals surface area contributed by atoms with Crippen LogP contribution in [0.15, 0.2) is 24.3 Å². The summed E-state index contributed by atoms with van der Waals surface area (Å²) >= 11 is 0. The van der Waals surface area contributed by atoms with Gasteiger partial charge in [0, 0.05) is 6.42 Å². The zero-order chi connectivity index (χ0) is 11.5.